The van der Waals surface area contributed by atoms with Crippen LogP contribution in [0, 0.1) is 17.8 Å². The number of rotatable bonds is 14. The zero-order chi connectivity index (χ0) is 30.3. The van der Waals surface area contributed by atoms with Gasteiger partial charge in [-0.1, -0.05) is 55.3 Å². The van der Waals surface area contributed by atoms with Gasteiger partial charge in [0.05, 0.1) is 18.1 Å². The first-order valence-corrected chi connectivity index (χ1v) is 19.4. The van der Waals surface area contributed by atoms with Crippen LogP contribution in [-0.4, -0.2) is 50.4 Å². The summed E-state index contributed by atoms with van der Waals surface area (Å²) in [6, 6.07) is 12.9. The van der Waals surface area contributed by atoms with Crippen molar-refractivity contribution in [2.24, 2.45) is 10.8 Å². The molecular weight excluding hydrogens is 555 g/mol. The van der Waals surface area contributed by atoms with E-state index < -0.39 is 29.2 Å². The number of para-hydroxylation sites is 1. The molecule has 2 aromatic rings. The van der Waals surface area contributed by atoms with E-state index in [1.807, 2.05) is 38.1 Å². The van der Waals surface area contributed by atoms with Crippen LogP contribution >= 0.6 is 0 Å². The summed E-state index contributed by atoms with van der Waals surface area (Å²) in [5, 5.41) is 0. The number of sulfonamides is 1. The Balaban J connectivity index is 2.03. The normalized spacial score (nSPS) is 23.6. The second-order valence-corrected chi connectivity index (χ2v) is 18.6. The van der Waals surface area contributed by atoms with Crippen LogP contribution in [-0.2, 0) is 25.6 Å². The van der Waals surface area contributed by atoms with Gasteiger partial charge in [0.25, 0.3) is 0 Å². The highest BCUT2D eigenvalue weighted by Crippen LogP contribution is 2.56. The Labute approximate surface area is 248 Å². The maximum absolute atomic E-state index is 13.4. The molecule has 2 aromatic carbocycles. The van der Waals surface area contributed by atoms with Gasteiger partial charge in [-0.3, -0.25) is 0 Å². The lowest BCUT2D eigenvalue weighted by molar-refractivity contribution is -0.0660. The molecule has 1 aliphatic carbocycles. The minimum Gasteiger partial charge on any atom is -0.493 e. The summed E-state index contributed by atoms with van der Waals surface area (Å²) in [6.07, 6.45) is 8.59. The molecule has 0 aromatic heterocycles. The molecule has 0 bridgehead atoms. The first-order chi connectivity index (χ1) is 19.3. The average Bonchev–Trinajstić information content (AvgIpc) is 2.91. The number of aryl methyl sites for hydroxylation is 2. The summed E-state index contributed by atoms with van der Waals surface area (Å²) in [7, 11) is -2.38. The molecule has 0 radical (unpaired) electrons. The van der Waals surface area contributed by atoms with Gasteiger partial charge >= 0.3 is 0 Å². The summed E-state index contributed by atoms with van der Waals surface area (Å²) in [5.74, 6) is 1.33. The lowest BCUT2D eigenvalue weighted by atomic mass is 9.53. The largest absolute Gasteiger partial charge is 0.493 e. The molecule has 0 aliphatic heterocycles. The molecule has 1 saturated carbocycles. The topological polar surface area (TPSA) is 83.1 Å². The van der Waals surface area contributed by atoms with Gasteiger partial charge in [0.2, 0.25) is 10.0 Å². The number of hydrogen-bond acceptors (Lipinski definition) is 6. The Morgan fingerprint density at radius 2 is 1.80 bits per heavy atom. The van der Waals surface area contributed by atoms with Crippen molar-refractivity contribution in [3.63, 3.8) is 0 Å². The van der Waals surface area contributed by atoms with Gasteiger partial charge in [0.15, 0.2) is 26.6 Å². The lowest BCUT2D eigenvalue weighted by Gasteiger charge is -2.56. The maximum Gasteiger partial charge on any atom is 0.240 e. The molecule has 0 saturated heterocycles. The summed E-state index contributed by atoms with van der Waals surface area (Å²) >= 11 is 0. The number of allylic oxidation sites excluding steroid dienone is 1. The van der Waals surface area contributed by atoms with Crippen LogP contribution < -0.4 is 14.2 Å². The molecular formula is C32H49NO6SSi. The van der Waals surface area contributed by atoms with E-state index >= 15 is 0 Å². The number of benzene rings is 2. The summed E-state index contributed by atoms with van der Waals surface area (Å²) in [6.45, 7) is 13.3. The molecule has 1 N–H and O–H groups in total. The van der Waals surface area contributed by atoms with Gasteiger partial charge in [-0.15, -0.1) is 0 Å². The van der Waals surface area contributed by atoms with Crippen LogP contribution in [0.3, 0.4) is 0 Å². The highest BCUT2D eigenvalue weighted by Gasteiger charge is 2.54. The van der Waals surface area contributed by atoms with E-state index in [-0.39, 0.29) is 17.8 Å². The third kappa shape index (κ3) is 8.02. The molecule has 0 amide bonds. The summed E-state index contributed by atoms with van der Waals surface area (Å²) < 4.78 is 53.5. The van der Waals surface area contributed by atoms with Gasteiger partial charge in [-0.05, 0) is 88.3 Å². The second kappa shape index (κ2) is 13.9. The van der Waals surface area contributed by atoms with Crippen LogP contribution in [0.1, 0.15) is 50.7 Å². The standard InChI is InChI=1S/C32H49NO6SSi/c1-9-20-32(22-19-26-12-10-13-28(37-5)30(26)38-24-36-4)29(39-41(6,7)8)14-11-21-31(32,3)23-33-40(34,35)27-17-15-25(2)16-18-27/h9-10,12-13,15-18,20,29,33H,11,14,19,21-24H2,1-8H3/b20-9+/t29-,31-,32+/m0/s1. The zero-order valence-electron chi connectivity index (χ0n) is 26.1. The predicted octanol–water partition coefficient (Wildman–Crippen LogP) is 6.87. The predicted molar refractivity (Wildman–Crippen MR) is 168 cm³/mol. The van der Waals surface area contributed by atoms with Gasteiger partial charge in [0, 0.05) is 19.1 Å². The SMILES string of the molecule is C/C=C/[C@@]1(CCc2cccc(OC)c2OCOC)[C@@H](O[Si](C)(C)C)CCC[C@@]1(C)CNS(=O)(=O)c1ccc(C)cc1. The van der Waals surface area contributed by atoms with Crippen LogP contribution in [0.4, 0.5) is 0 Å². The van der Waals surface area contributed by atoms with E-state index in [0.29, 0.717) is 24.5 Å². The minimum atomic E-state index is -3.68. The second-order valence-electron chi connectivity index (χ2n) is 12.3. The molecule has 3 atom stereocenters. The Morgan fingerprint density at radius 3 is 2.41 bits per heavy atom. The van der Waals surface area contributed by atoms with Crippen molar-refractivity contribution in [3.05, 3.63) is 65.7 Å². The van der Waals surface area contributed by atoms with E-state index in [1.165, 1.54) is 0 Å². The van der Waals surface area contributed by atoms with Crippen molar-refractivity contribution in [3.8, 4) is 11.5 Å². The molecule has 1 aliphatic rings. The molecule has 0 heterocycles. The van der Waals surface area contributed by atoms with Gasteiger partial charge in [-0.2, -0.15) is 0 Å². The van der Waals surface area contributed by atoms with Gasteiger partial charge in [0.1, 0.15) is 0 Å². The van der Waals surface area contributed by atoms with Crippen LogP contribution in [0.5, 0.6) is 11.5 Å². The zero-order valence-corrected chi connectivity index (χ0v) is 27.9. The Morgan fingerprint density at radius 1 is 1.10 bits per heavy atom. The fraction of sp³-hybridized carbons (Fsp3) is 0.562. The van der Waals surface area contributed by atoms with Crippen molar-refractivity contribution in [1.29, 1.82) is 0 Å². The fourth-order valence-corrected chi connectivity index (χ4v) is 8.50. The highest BCUT2D eigenvalue weighted by molar-refractivity contribution is 7.89. The summed E-state index contributed by atoms with van der Waals surface area (Å²) in [5.41, 5.74) is 1.22. The molecule has 3 rings (SSSR count). The fourth-order valence-electron chi connectivity index (χ4n) is 6.15. The Kier molecular flexibility index (Phi) is 11.3. The molecule has 0 unspecified atom stereocenters. The number of ether oxygens (including phenoxy) is 3. The third-order valence-corrected chi connectivity index (χ3v) is 10.7. The first-order valence-electron chi connectivity index (χ1n) is 14.5. The number of nitrogens with one attached hydrogen (secondary N) is 1. The third-order valence-electron chi connectivity index (χ3n) is 8.25. The van der Waals surface area contributed by atoms with Crippen molar-refractivity contribution in [2.75, 3.05) is 27.6 Å². The van der Waals surface area contributed by atoms with Crippen LogP contribution in [0.15, 0.2) is 59.5 Å². The monoisotopic (exact) mass is 603 g/mol. The Hall–Kier alpha value is -2.17. The summed E-state index contributed by atoms with van der Waals surface area (Å²) in [4.78, 5) is 0.283. The van der Waals surface area contributed by atoms with E-state index in [1.54, 1.807) is 26.4 Å². The molecule has 228 valence electrons. The molecule has 41 heavy (non-hydrogen) atoms. The van der Waals surface area contributed by atoms with E-state index in [2.05, 4.69) is 49.5 Å². The van der Waals surface area contributed by atoms with Gasteiger partial charge in [-0.25, -0.2) is 13.1 Å². The smallest absolute Gasteiger partial charge is 0.240 e. The van der Waals surface area contributed by atoms with Crippen molar-refractivity contribution >= 4 is 18.3 Å². The molecule has 1 fully saturated rings. The number of hydrogen-bond donors (Lipinski definition) is 1. The molecule has 0 spiro atoms. The quantitative estimate of drug-likeness (QED) is 0.144. The average molecular weight is 604 g/mol. The van der Waals surface area contributed by atoms with Crippen molar-refractivity contribution in [2.45, 2.75) is 83.5 Å². The maximum atomic E-state index is 13.4. The Bertz CT molecular complexity index is 1270. The minimum absolute atomic E-state index is 0.0399. The van der Waals surface area contributed by atoms with Gasteiger partial charge < -0.3 is 18.6 Å². The number of methoxy groups -OCH3 is 2. The van der Waals surface area contributed by atoms with E-state index in [9.17, 15) is 8.42 Å². The highest BCUT2D eigenvalue weighted by atomic mass is 32.2. The van der Waals surface area contributed by atoms with E-state index in [4.69, 9.17) is 18.6 Å². The van der Waals surface area contributed by atoms with E-state index in [0.717, 1.165) is 36.8 Å². The van der Waals surface area contributed by atoms with Crippen molar-refractivity contribution in [1.82, 2.24) is 4.72 Å². The van der Waals surface area contributed by atoms with Crippen LogP contribution in [0.2, 0.25) is 19.6 Å². The molecule has 7 nitrogen and oxygen atoms in total. The lowest BCUT2D eigenvalue weighted by Crippen LogP contribution is -2.57. The van der Waals surface area contributed by atoms with Crippen molar-refractivity contribution < 1.29 is 27.1 Å². The first kappa shape index (κ1) is 33.3. The molecule has 9 heteroatoms. The van der Waals surface area contributed by atoms with Crippen LogP contribution in [0.25, 0.3) is 0 Å².